The Kier molecular flexibility index (Phi) is 4.17. The standard InChI is InChI=1S/C22H24N2O4/c1-22(2)15-6-4-5-7-16(15)23(3)17(22)12-14-19(25)18(20(14)26)24-10-8-13(9-11-24)21(27)28/h4-7,12-13H,8-11H2,1-3H3,(H-,25,26,27,28). The Morgan fingerprint density at radius 3 is 2.50 bits per heavy atom. The second-order valence-electron chi connectivity index (χ2n) is 8.25. The minimum absolute atomic E-state index is 0.214. The smallest absolute Gasteiger partial charge is 0.306 e. The van der Waals surface area contributed by atoms with Gasteiger partial charge < -0.3 is 15.1 Å². The van der Waals surface area contributed by atoms with Gasteiger partial charge in [0.25, 0.3) is 5.43 Å². The van der Waals surface area contributed by atoms with Crippen molar-refractivity contribution < 1.29 is 15.0 Å². The topological polar surface area (TPSA) is 83.7 Å². The molecule has 146 valence electrons. The Morgan fingerprint density at radius 2 is 1.93 bits per heavy atom. The van der Waals surface area contributed by atoms with Crippen LogP contribution < -0.4 is 25.4 Å². The van der Waals surface area contributed by atoms with E-state index in [2.05, 4.69) is 19.9 Å². The zero-order valence-corrected chi connectivity index (χ0v) is 16.4. The second-order valence-corrected chi connectivity index (χ2v) is 8.25. The van der Waals surface area contributed by atoms with Crippen LogP contribution in [0.4, 0.5) is 5.69 Å². The predicted octanol–water partition coefficient (Wildman–Crippen LogP) is 1.03. The van der Waals surface area contributed by atoms with Gasteiger partial charge in [0.2, 0.25) is 5.36 Å². The molecule has 1 fully saturated rings. The minimum Gasteiger partial charge on any atom is -0.867 e. The highest BCUT2D eigenvalue weighted by Crippen LogP contribution is 2.47. The highest BCUT2D eigenvalue weighted by molar-refractivity contribution is 5.77. The number of likely N-dealkylation sites (N-methyl/N-ethyl adjacent to an activating group) is 1. The summed E-state index contributed by atoms with van der Waals surface area (Å²) in [6, 6.07) is 8.09. The molecular weight excluding hydrogens is 356 g/mol. The van der Waals surface area contributed by atoms with Crippen LogP contribution in [0.2, 0.25) is 0 Å². The molecule has 2 heterocycles. The quantitative estimate of drug-likeness (QED) is 0.787. The van der Waals surface area contributed by atoms with Crippen molar-refractivity contribution in [1.29, 1.82) is 0 Å². The molecule has 0 spiro atoms. The summed E-state index contributed by atoms with van der Waals surface area (Å²) in [6.07, 6.45) is 2.65. The van der Waals surface area contributed by atoms with E-state index < -0.39 is 5.97 Å². The summed E-state index contributed by atoms with van der Waals surface area (Å²) >= 11 is 0. The Balaban J connectivity index is 1.71. The lowest BCUT2D eigenvalue weighted by Crippen LogP contribution is -2.51. The van der Waals surface area contributed by atoms with Gasteiger partial charge in [-0.15, -0.1) is 0 Å². The number of allylic oxidation sites excluding steroid dienone is 1. The monoisotopic (exact) mass is 380 g/mol. The highest BCUT2D eigenvalue weighted by atomic mass is 16.4. The van der Waals surface area contributed by atoms with E-state index >= 15 is 0 Å². The lowest BCUT2D eigenvalue weighted by atomic mass is 9.83. The molecule has 2 aromatic carbocycles. The number of nitrogens with zero attached hydrogens (tertiary/aromatic N) is 2. The second kappa shape index (κ2) is 6.33. The Morgan fingerprint density at radius 1 is 1.29 bits per heavy atom. The lowest BCUT2D eigenvalue weighted by Gasteiger charge is -2.26. The largest absolute Gasteiger partial charge is 0.867 e. The van der Waals surface area contributed by atoms with Crippen molar-refractivity contribution in [3.8, 4) is 5.75 Å². The number of para-hydroxylation sites is 1. The molecule has 1 saturated heterocycles. The van der Waals surface area contributed by atoms with Gasteiger partial charge >= 0.3 is 5.97 Å². The van der Waals surface area contributed by atoms with Crippen LogP contribution in [-0.2, 0) is 10.2 Å². The molecule has 2 aliphatic heterocycles. The molecule has 0 radical (unpaired) electrons. The van der Waals surface area contributed by atoms with E-state index in [0.717, 1.165) is 11.4 Å². The van der Waals surface area contributed by atoms with Gasteiger partial charge in [-0.25, -0.2) is 4.58 Å². The SMILES string of the molecule is CN1C(=Cc2c([O-])c(=[N+]3CCC(C(=O)O)CC3)c2=O)C(C)(C)c2ccccc21. The van der Waals surface area contributed by atoms with Crippen molar-refractivity contribution in [2.24, 2.45) is 5.92 Å². The van der Waals surface area contributed by atoms with Gasteiger partial charge in [0.15, 0.2) is 0 Å². The van der Waals surface area contributed by atoms with Gasteiger partial charge in [-0.05, 0) is 23.5 Å². The molecule has 0 unspecified atom stereocenters. The van der Waals surface area contributed by atoms with Crippen LogP contribution in [0.5, 0.6) is 5.75 Å². The first-order chi connectivity index (χ1) is 13.2. The maximum absolute atomic E-state index is 12.7. The number of carboxylic acid groups (broad SMARTS) is 1. The minimum atomic E-state index is -0.807. The van der Waals surface area contributed by atoms with Crippen LogP contribution in [0.25, 0.3) is 6.08 Å². The third kappa shape index (κ3) is 2.58. The fourth-order valence-corrected chi connectivity index (χ4v) is 4.56. The van der Waals surface area contributed by atoms with Crippen LogP contribution in [0, 0.1) is 5.92 Å². The van der Waals surface area contributed by atoms with Crippen LogP contribution in [0.15, 0.2) is 34.8 Å². The lowest BCUT2D eigenvalue weighted by molar-refractivity contribution is -0.273. The number of fused-ring (bicyclic) bond motifs is 1. The van der Waals surface area contributed by atoms with Gasteiger partial charge in [0, 0.05) is 42.3 Å². The highest BCUT2D eigenvalue weighted by Gasteiger charge is 2.39. The summed E-state index contributed by atoms with van der Waals surface area (Å²) < 4.78 is 1.75. The Labute approximate surface area is 163 Å². The summed E-state index contributed by atoms with van der Waals surface area (Å²) in [6.45, 7) is 5.06. The first-order valence-corrected chi connectivity index (χ1v) is 9.60. The van der Waals surface area contributed by atoms with Crippen LogP contribution in [-0.4, -0.2) is 31.2 Å². The molecular formula is C22H24N2O4. The van der Waals surface area contributed by atoms with Crippen LogP contribution in [0.3, 0.4) is 0 Å². The van der Waals surface area contributed by atoms with Crippen LogP contribution in [0.1, 0.15) is 37.8 Å². The first-order valence-electron chi connectivity index (χ1n) is 9.60. The zero-order chi connectivity index (χ0) is 20.2. The molecule has 0 atom stereocenters. The van der Waals surface area contributed by atoms with Gasteiger partial charge in [-0.1, -0.05) is 32.0 Å². The fraction of sp³-hybridized carbons (Fsp3) is 0.409. The number of hydrogen-bond acceptors (Lipinski definition) is 4. The molecule has 28 heavy (non-hydrogen) atoms. The maximum atomic E-state index is 12.7. The van der Waals surface area contributed by atoms with Gasteiger partial charge in [0.1, 0.15) is 13.1 Å². The number of aliphatic carboxylic acids is 1. The van der Waals surface area contributed by atoms with E-state index in [9.17, 15) is 14.7 Å². The molecule has 0 saturated carbocycles. The average molecular weight is 380 g/mol. The van der Waals surface area contributed by atoms with Crippen molar-refractivity contribution in [2.45, 2.75) is 32.1 Å². The van der Waals surface area contributed by atoms with Crippen molar-refractivity contribution in [3.63, 3.8) is 0 Å². The number of carbonyl (C=O) groups is 1. The van der Waals surface area contributed by atoms with Gasteiger partial charge in [-0.3, -0.25) is 9.59 Å². The average Bonchev–Trinajstić information content (AvgIpc) is 2.87. The van der Waals surface area contributed by atoms with E-state index in [1.165, 1.54) is 5.56 Å². The summed E-state index contributed by atoms with van der Waals surface area (Å²) in [7, 11) is 1.95. The number of carboxylic acids is 1. The Bertz CT molecular complexity index is 1080. The maximum Gasteiger partial charge on any atom is 0.306 e. The third-order valence-corrected chi connectivity index (χ3v) is 6.30. The number of piperidine rings is 1. The number of rotatable bonds is 2. The predicted molar refractivity (Wildman–Crippen MR) is 106 cm³/mol. The fourth-order valence-electron chi connectivity index (χ4n) is 4.56. The molecule has 4 rings (SSSR count). The van der Waals surface area contributed by atoms with E-state index in [4.69, 9.17) is 5.11 Å². The molecule has 0 aliphatic carbocycles. The molecule has 0 aromatic heterocycles. The summed E-state index contributed by atoms with van der Waals surface area (Å²) in [5.74, 6) is -1.43. The number of benzene rings is 1. The van der Waals surface area contributed by atoms with Crippen molar-refractivity contribution in [2.75, 3.05) is 25.0 Å². The first kappa shape index (κ1) is 18.5. The molecule has 0 amide bonds. The molecule has 6 heteroatoms. The van der Waals surface area contributed by atoms with E-state index in [0.29, 0.717) is 25.9 Å². The molecule has 2 aromatic rings. The normalized spacial score (nSPS) is 22.7. The third-order valence-electron chi connectivity index (χ3n) is 6.30. The zero-order valence-electron chi connectivity index (χ0n) is 16.4. The molecule has 6 nitrogen and oxygen atoms in total. The summed E-state index contributed by atoms with van der Waals surface area (Å²) in [4.78, 5) is 25.9. The van der Waals surface area contributed by atoms with E-state index in [1.807, 2.05) is 30.1 Å². The van der Waals surface area contributed by atoms with Gasteiger partial charge in [0.05, 0.1) is 5.92 Å². The van der Waals surface area contributed by atoms with Crippen molar-refractivity contribution in [1.82, 2.24) is 4.58 Å². The van der Waals surface area contributed by atoms with Crippen molar-refractivity contribution >= 4 is 17.7 Å². The number of anilines is 1. The molecule has 0 bridgehead atoms. The van der Waals surface area contributed by atoms with E-state index in [-0.39, 0.29) is 33.4 Å². The number of hydrogen-bond donors (Lipinski definition) is 1. The molecule has 1 N–H and O–H groups in total. The summed E-state index contributed by atoms with van der Waals surface area (Å²) in [5, 5.41) is 22.1. The van der Waals surface area contributed by atoms with E-state index in [1.54, 1.807) is 10.7 Å². The van der Waals surface area contributed by atoms with Crippen LogP contribution >= 0.6 is 0 Å². The summed E-state index contributed by atoms with van der Waals surface area (Å²) in [5.41, 5.74) is 2.87. The van der Waals surface area contributed by atoms with Crippen molar-refractivity contribution in [3.05, 3.63) is 56.7 Å². The Hall–Kier alpha value is -2.89. The van der Waals surface area contributed by atoms with Gasteiger partial charge in [-0.2, -0.15) is 0 Å². The molecule has 2 aliphatic rings.